The average molecular weight is 383 g/mol. The minimum atomic E-state index is -0.314. The number of ketones is 2. The SMILES string of the molecule is CC(=O)CCOCCOCCOCCCC(=O)CCCN1C(=O)C=CC1=O. The Bertz CT molecular complexity index is 512. The molecule has 0 saturated heterocycles. The Labute approximate surface area is 159 Å². The average Bonchev–Trinajstić information content (AvgIpc) is 2.94. The maximum Gasteiger partial charge on any atom is 0.253 e. The van der Waals surface area contributed by atoms with Gasteiger partial charge in [0.1, 0.15) is 11.6 Å². The van der Waals surface area contributed by atoms with Crippen molar-refractivity contribution in [3.63, 3.8) is 0 Å². The van der Waals surface area contributed by atoms with E-state index < -0.39 is 0 Å². The fourth-order valence-electron chi connectivity index (χ4n) is 2.34. The van der Waals surface area contributed by atoms with Crippen LogP contribution in [0.15, 0.2) is 12.2 Å². The number of hydrogen-bond donors (Lipinski definition) is 0. The van der Waals surface area contributed by atoms with Gasteiger partial charge >= 0.3 is 0 Å². The number of imide groups is 1. The molecule has 1 heterocycles. The Morgan fingerprint density at radius 3 is 1.89 bits per heavy atom. The van der Waals surface area contributed by atoms with Gasteiger partial charge in [-0.05, 0) is 19.8 Å². The summed E-state index contributed by atoms with van der Waals surface area (Å²) in [5.41, 5.74) is 0. The lowest BCUT2D eigenvalue weighted by Gasteiger charge is -2.12. The van der Waals surface area contributed by atoms with Crippen LogP contribution in [0.3, 0.4) is 0 Å². The van der Waals surface area contributed by atoms with E-state index in [1.165, 1.54) is 19.1 Å². The molecule has 8 heteroatoms. The van der Waals surface area contributed by atoms with Gasteiger partial charge in [-0.15, -0.1) is 0 Å². The van der Waals surface area contributed by atoms with Crippen LogP contribution in [0.4, 0.5) is 0 Å². The summed E-state index contributed by atoms with van der Waals surface area (Å²) in [7, 11) is 0. The van der Waals surface area contributed by atoms with E-state index in [1.807, 2.05) is 0 Å². The first-order valence-corrected chi connectivity index (χ1v) is 9.28. The Kier molecular flexibility index (Phi) is 12.2. The second kappa shape index (κ2) is 14.2. The highest BCUT2D eigenvalue weighted by molar-refractivity contribution is 6.12. The van der Waals surface area contributed by atoms with E-state index in [9.17, 15) is 19.2 Å². The number of Topliss-reactive ketones (excluding diaryl/α,β-unsaturated/α-hetero) is 2. The van der Waals surface area contributed by atoms with E-state index in [-0.39, 0.29) is 29.9 Å². The number of nitrogens with zero attached hydrogens (tertiary/aromatic N) is 1. The Morgan fingerprint density at radius 2 is 1.30 bits per heavy atom. The lowest BCUT2D eigenvalue weighted by Crippen LogP contribution is -2.31. The molecule has 8 nitrogen and oxygen atoms in total. The van der Waals surface area contributed by atoms with Crippen LogP contribution < -0.4 is 0 Å². The second-order valence-corrected chi connectivity index (χ2v) is 6.20. The van der Waals surface area contributed by atoms with E-state index in [2.05, 4.69) is 0 Å². The molecule has 2 amide bonds. The molecule has 0 unspecified atom stereocenters. The molecule has 0 spiro atoms. The van der Waals surface area contributed by atoms with Crippen LogP contribution in [0.25, 0.3) is 0 Å². The minimum Gasteiger partial charge on any atom is -0.379 e. The van der Waals surface area contributed by atoms with Crippen molar-refractivity contribution in [2.75, 3.05) is 46.2 Å². The van der Waals surface area contributed by atoms with Crippen molar-refractivity contribution in [1.82, 2.24) is 4.90 Å². The van der Waals surface area contributed by atoms with Gasteiger partial charge < -0.3 is 14.2 Å². The summed E-state index contributed by atoms with van der Waals surface area (Å²) >= 11 is 0. The van der Waals surface area contributed by atoms with Gasteiger partial charge in [0.05, 0.1) is 33.0 Å². The molecule has 0 aromatic rings. The van der Waals surface area contributed by atoms with Crippen molar-refractivity contribution in [2.24, 2.45) is 0 Å². The standard InChI is InChI=1S/C19H29NO7/c1-16(21)8-11-26-13-15-27-14-12-25-10-3-5-17(22)4-2-9-20-18(23)6-7-19(20)24/h6-7H,2-5,8-15H2,1H3. The molecule has 0 saturated carbocycles. The molecule has 0 aliphatic carbocycles. The molecular weight excluding hydrogens is 354 g/mol. The van der Waals surface area contributed by atoms with Gasteiger partial charge in [0.15, 0.2) is 0 Å². The van der Waals surface area contributed by atoms with E-state index in [1.54, 1.807) is 0 Å². The summed E-state index contributed by atoms with van der Waals surface area (Å²) in [6, 6.07) is 0. The van der Waals surface area contributed by atoms with Crippen LogP contribution in [0.5, 0.6) is 0 Å². The number of hydrogen-bond acceptors (Lipinski definition) is 7. The Balaban J connectivity index is 1.84. The van der Waals surface area contributed by atoms with E-state index in [0.29, 0.717) is 71.7 Å². The van der Waals surface area contributed by atoms with Crippen LogP contribution in [-0.4, -0.2) is 74.5 Å². The molecule has 1 aliphatic heterocycles. The smallest absolute Gasteiger partial charge is 0.253 e. The Hall–Kier alpha value is -1.90. The van der Waals surface area contributed by atoms with Crippen molar-refractivity contribution >= 4 is 23.4 Å². The van der Waals surface area contributed by atoms with Crippen molar-refractivity contribution in [1.29, 1.82) is 0 Å². The van der Waals surface area contributed by atoms with Crippen molar-refractivity contribution in [2.45, 2.75) is 39.0 Å². The topological polar surface area (TPSA) is 99.2 Å². The quantitative estimate of drug-likeness (QED) is 0.274. The third-order valence-corrected chi connectivity index (χ3v) is 3.82. The fraction of sp³-hybridized carbons (Fsp3) is 0.684. The first-order chi connectivity index (χ1) is 13.0. The second-order valence-electron chi connectivity index (χ2n) is 6.20. The molecule has 0 aromatic carbocycles. The highest BCUT2D eigenvalue weighted by Gasteiger charge is 2.22. The molecule has 0 radical (unpaired) electrons. The van der Waals surface area contributed by atoms with Gasteiger partial charge in [0.2, 0.25) is 0 Å². The third kappa shape index (κ3) is 11.4. The third-order valence-electron chi connectivity index (χ3n) is 3.82. The molecule has 0 bridgehead atoms. The van der Waals surface area contributed by atoms with Crippen LogP contribution >= 0.6 is 0 Å². The molecule has 0 aromatic heterocycles. The molecule has 152 valence electrons. The Morgan fingerprint density at radius 1 is 0.778 bits per heavy atom. The zero-order valence-corrected chi connectivity index (χ0v) is 15.9. The van der Waals surface area contributed by atoms with Crippen LogP contribution in [0, 0.1) is 0 Å². The number of ether oxygens (including phenoxy) is 3. The van der Waals surface area contributed by atoms with Gasteiger partial charge in [-0.25, -0.2) is 0 Å². The number of rotatable bonds is 17. The summed E-state index contributed by atoms with van der Waals surface area (Å²) < 4.78 is 15.9. The molecule has 27 heavy (non-hydrogen) atoms. The maximum absolute atomic E-state index is 11.8. The van der Waals surface area contributed by atoms with Gasteiger partial charge in [0, 0.05) is 44.6 Å². The van der Waals surface area contributed by atoms with Crippen LogP contribution in [-0.2, 0) is 33.4 Å². The van der Waals surface area contributed by atoms with E-state index in [4.69, 9.17) is 14.2 Å². The van der Waals surface area contributed by atoms with Crippen LogP contribution in [0.2, 0.25) is 0 Å². The summed E-state index contributed by atoms with van der Waals surface area (Å²) in [6.07, 6.45) is 4.80. The van der Waals surface area contributed by atoms with Gasteiger partial charge in [0.25, 0.3) is 11.8 Å². The number of amides is 2. The first-order valence-electron chi connectivity index (χ1n) is 9.28. The highest BCUT2D eigenvalue weighted by atomic mass is 16.5. The minimum absolute atomic E-state index is 0.101. The molecule has 0 N–H and O–H groups in total. The summed E-state index contributed by atoms with van der Waals surface area (Å²) in [5, 5.41) is 0. The largest absolute Gasteiger partial charge is 0.379 e. The van der Waals surface area contributed by atoms with E-state index >= 15 is 0 Å². The van der Waals surface area contributed by atoms with Crippen molar-refractivity contribution < 1.29 is 33.4 Å². The number of carbonyl (C=O) groups is 4. The predicted octanol–water partition coefficient (Wildman–Crippen LogP) is 1.07. The van der Waals surface area contributed by atoms with Gasteiger partial charge in [-0.2, -0.15) is 0 Å². The molecule has 0 atom stereocenters. The zero-order chi connectivity index (χ0) is 19.9. The number of carbonyl (C=O) groups excluding carboxylic acids is 4. The van der Waals surface area contributed by atoms with Crippen molar-refractivity contribution in [3.05, 3.63) is 12.2 Å². The van der Waals surface area contributed by atoms with Gasteiger partial charge in [-0.1, -0.05) is 0 Å². The fourth-order valence-corrected chi connectivity index (χ4v) is 2.34. The highest BCUT2D eigenvalue weighted by Crippen LogP contribution is 2.07. The normalized spacial score (nSPS) is 13.6. The summed E-state index contributed by atoms with van der Waals surface area (Å²) in [5.74, 6) is -0.419. The molecule has 1 rings (SSSR count). The summed E-state index contributed by atoms with van der Waals surface area (Å²) in [4.78, 5) is 46.3. The van der Waals surface area contributed by atoms with Crippen molar-refractivity contribution in [3.8, 4) is 0 Å². The van der Waals surface area contributed by atoms with E-state index in [0.717, 1.165) is 4.90 Å². The predicted molar refractivity (Wildman–Crippen MR) is 97.1 cm³/mol. The lowest BCUT2D eigenvalue weighted by atomic mass is 10.1. The molecule has 1 aliphatic rings. The van der Waals surface area contributed by atoms with Crippen LogP contribution in [0.1, 0.15) is 39.0 Å². The molecular formula is C19H29NO7. The zero-order valence-electron chi connectivity index (χ0n) is 15.9. The molecule has 0 fully saturated rings. The maximum atomic E-state index is 11.8. The van der Waals surface area contributed by atoms with Gasteiger partial charge in [-0.3, -0.25) is 24.1 Å². The first kappa shape index (κ1) is 23.1. The lowest BCUT2D eigenvalue weighted by molar-refractivity contribution is -0.137. The monoisotopic (exact) mass is 383 g/mol. The summed E-state index contributed by atoms with van der Waals surface area (Å²) in [6.45, 7) is 4.53.